The lowest BCUT2D eigenvalue weighted by atomic mass is 10.2. The van der Waals surface area contributed by atoms with E-state index in [1.54, 1.807) is 24.3 Å². The maximum absolute atomic E-state index is 11.8. The molecule has 2 rings (SSSR count). The monoisotopic (exact) mass is 216 g/mol. The van der Waals surface area contributed by atoms with Gasteiger partial charge in [0.25, 0.3) is 0 Å². The van der Waals surface area contributed by atoms with Crippen LogP contribution < -0.4 is 9.47 Å². The second-order valence-corrected chi connectivity index (χ2v) is 3.07. The third-order valence-electron chi connectivity index (χ3n) is 2.24. The Hall–Kier alpha value is -2.46. The highest BCUT2D eigenvalue weighted by Crippen LogP contribution is 2.24. The van der Waals surface area contributed by atoms with Crippen molar-refractivity contribution >= 4 is 16.7 Å². The number of pyridine rings is 1. The summed E-state index contributed by atoms with van der Waals surface area (Å²) in [6, 6.07) is 8.25. The van der Waals surface area contributed by atoms with Gasteiger partial charge >= 0.3 is 10.9 Å². The van der Waals surface area contributed by atoms with Crippen molar-refractivity contribution in [2.45, 2.75) is 0 Å². The molecule has 2 aromatic rings. The van der Waals surface area contributed by atoms with Crippen molar-refractivity contribution in [2.75, 3.05) is 7.11 Å². The van der Waals surface area contributed by atoms with Crippen LogP contribution in [0.1, 0.15) is 0 Å². The number of rotatable bonds is 2. The molecular weight excluding hydrogens is 208 g/mol. The third kappa shape index (κ3) is 1.47. The maximum Gasteiger partial charge on any atom is 0.420 e. The summed E-state index contributed by atoms with van der Waals surface area (Å²) in [6.45, 7) is 0. The van der Waals surface area contributed by atoms with Gasteiger partial charge in [0.05, 0.1) is 12.5 Å². The van der Waals surface area contributed by atoms with Gasteiger partial charge in [0.1, 0.15) is 11.3 Å². The van der Waals surface area contributed by atoms with E-state index in [0.717, 1.165) is 0 Å². The fourth-order valence-corrected chi connectivity index (χ4v) is 1.52. The van der Waals surface area contributed by atoms with Crippen LogP contribution in [0.2, 0.25) is 0 Å². The SMILES string of the molecule is COc1cccc2c1ccc(N=[N+]=[N-])[n+]2[O-]. The Morgan fingerprint density at radius 2 is 2.19 bits per heavy atom. The molecule has 80 valence electrons. The third-order valence-corrected chi connectivity index (χ3v) is 2.24. The first-order valence-corrected chi connectivity index (χ1v) is 4.52. The summed E-state index contributed by atoms with van der Waals surface area (Å²) in [5.41, 5.74) is 8.71. The van der Waals surface area contributed by atoms with Crippen molar-refractivity contribution in [1.82, 2.24) is 0 Å². The van der Waals surface area contributed by atoms with Crippen molar-refractivity contribution in [2.24, 2.45) is 5.11 Å². The average Bonchev–Trinajstić information content (AvgIpc) is 2.32. The van der Waals surface area contributed by atoms with E-state index in [0.29, 0.717) is 21.4 Å². The molecule has 0 saturated heterocycles. The molecule has 16 heavy (non-hydrogen) atoms. The first-order chi connectivity index (χ1) is 7.77. The lowest BCUT2D eigenvalue weighted by molar-refractivity contribution is -0.563. The van der Waals surface area contributed by atoms with E-state index < -0.39 is 0 Å². The first-order valence-electron chi connectivity index (χ1n) is 4.52. The van der Waals surface area contributed by atoms with E-state index in [1.165, 1.54) is 13.2 Å². The standard InChI is InChI=1S/C10H8N4O2/c1-16-9-4-2-3-8-7(9)5-6-10(12-13-11)14(8)15/h2-6H,1H3. The Bertz CT molecular complexity index is 591. The Morgan fingerprint density at radius 1 is 1.38 bits per heavy atom. The number of hydrogen-bond donors (Lipinski definition) is 0. The van der Waals surface area contributed by atoms with E-state index >= 15 is 0 Å². The van der Waals surface area contributed by atoms with Crippen molar-refractivity contribution in [3.05, 3.63) is 46.0 Å². The number of azide groups is 1. The van der Waals surface area contributed by atoms with Gasteiger partial charge < -0.3 is 9.94 Å². The molecule has 0 saturated carbocycles. The van der Waals surface area contributed by atoms with Crippen LogP contribution in [-0.2, 0) is 0 Å². The van der Waals surface area contributed by atoms with Gasteiger partial charge in [-0.1, -0.05) is 6.07 Å². The van der Waals surface area contributed by atoms with Gasteiger partial charge in [0, 0.05) is 11.6 Å². The summed E-state index contributed by atoms with van der Waals surface area (Å²) in [4.78, 5) is 2.59. The molecule has 1 heterocycles. The number of ether oxygens (including phenoxy) is 1. The molecule has 6 nitrogen and oxygen atoms in total. The van der Waals surface area contributed by atoms with E-state index in [9.17, 15) is 5.21 Å². The summed E-state index contributed by atoms with van der Waals surface area (Å²) in [7, 11) is 1.53. The summed E-state index contributed by atoms with van der Waals surface area (Å²) in [6.07, 6.45) is 0. The molecule has 0 N–H and O–H groups in total. The van der Waals surface area contributed by atoms with E-state index in [-0.39, 0.29) is 5.82 Å². The molecule has 0 aliphatic heterocycles. The number of benzene rings is 1. The summed E-state index contributed by atoms with van der Waals surface area (Å²) in [5, 5.41) is 15.8. The second-order valence-electron chi connectivity index (χ2n) is 3.07. The topological polar surface area (TPSA) is 84.9 Å². The fraction of sp³-hybridized carbons (Fsp3) is 0.100. The molecule has 0 atom stereocenters. The normalized spacial score (nSPS) is 9.81. The van der Waals surface area contributed by atoms with Crippen LogP contribution in [0.3, 0.4) is 0 Å². The lowest BCUT2D eigenvalue weighted by Gasteiger charge is -2.08. The predicted molar refractivity (Wildman–Crippen MR) is 58.3 cm³/mol. The van der Waals surface area contributed by atoms with Crippen LogP contribution in [0.25, 0.3) is 21.3 Å². The minimum Gasteiger partial charge on any atom is -0.710 e. The van der Waals surface area contributed by atoms with Crippen LogP contribution in [0, 0.1) is 5.21 Å². The average molecular weight is 216 g/mol. The number of methoxy groups -OCH3 is 1. The Labute approximate surface area is 90.9 Å². The summed E-state index contributed by atoms with van der Waals surface area (Å²) >= 11 is 0. The van der Waals surface area contributed by atoms with Gasteiger partial charge in [-0.25, -0.2) is 4.73 Å². The largest absolute Gasteiger partial charge is 0.710 e. The lowest BCUT2D eigenvalue weighted by Crippen LogP contribution is -2.27. The highest BCUT2D eigenvalue weighted by Gasteiger charge is 2.14. The maximum atomic E-state index is 11.8. The van der Waals surface area contributed by atoms with Gasteiger partial charge in [-0.3, -0.25) is 0 Å². The quantitative estimate of drug-likeness (QED) is 0.254. The molecule has 0 spiro atoms. The van der Waals surface area contributed by atoms with E-state index in [4.69, 9.17) is 10.3 Å². The molecule has 0 fully saturated rings. The molecule has 0 unspecified atom stereocenters. The number of nitrogens with zero attached hydrogens (tertiary/aromatic N) is 4. The Morgan fingerprint density at radius 3 is 2.88 bits per heavy atom. The van der Waals surface area contributed by atoms with Crippen LogP contribution in [0.4, 0.5) is 5.82 Å². The van der Waals surface area contributed by atoms with Crippen LogP contribution in [0.5, 0.6) is 5.75 Å². The zero-order valence-corrected chi connectivity index (χ0v) is 8.49. The summed E-state index contributed by atoms with van der Waals surface area (Å²) < 4.78 is 5.71. The molecule has 0 amide bonds. The molecular formula is C10H8N4O2. The van der Waals surface area contributed by atoms with Crippen LogP contribution in [0.15, 0.2) is 35.4 Å². The van der Waals surface area contributed by atoms with Gasteiger partial charge in [-0.2, -0.15) is 0 Å². The summed E-state index contributed by atoms with van der Waals surface area (Å²) in [5.74, 6) is 0.623. The van der Waals surface area contributed by atoms with Crippen molar-refractivity contribution < 1.29 is 9.47 Å². The van der Waals surface area contributed by atoms with Gasteiger partial charge in [0.2, 0.25) is 4.91 Å². The van der Waals surface area contributed by atoms with Crippen molar-refractivity contribution in [3.8, 4) is 5.75 Å². The highest BCUT2D eigenvalue weighted by molar-refractivity contribution is 5.83. The zero-order chi connectivity index (χ0) is 11.5. The van der Waals surface area contributed by atoms with Crippen molar-refractivity contribution in [3.63, 3.8) is 0 Å². The Kier molecular flexibility index (Phi) is 2.49. The molecule has 0 aliphatic carbocycles. The van der Waals surface area contributed by atoms with Crippen LogP contribution >= 0.6 is 0 Å². The molecule has 0 bridgehead atoms. The van der Waals surface area contributed by atoms with E-state index in [1.807, 2.05) is 0 Å². The number of hydrogen-bond acceptors (Lipinski definition) is 3. The Balaban J connectivity index is 2.80. The number of fused-ring (bicyclic) bond motifs is 1. The zero-order valence-electron chi connectivity index (χ0n) is 8.49. The van der Waals surface area contributed by atoms with Gasteiger partial charge in [0.15, 0.2) is 0 Å². The minimum absolute atomic E-state index is 0.0169. The minimum atomic E-state index is 0.0169. The smallest absolute Gasteiger partial charge is 0.420 e. The van der Waals surface area contributed by atoms with Gasteiger partial charge in [-0.05, 0) is 18.2 Å². The van der Waals surface area contributed by atoms with Gasteiger partial charge in [-0.15, -0.1) is 0 Å². The highest BCUT2D eigenvalue weighted by atomic mass is 16.5. The van der Waals surface area contributed by atoms with Crippen molar-refractivity contribution in [1.29, 1.82) is 0 Å². The molecule has 0 aliphatic rings. The van der Waals surface area contributed by atoms with Crippen LogP contribution in [-0.4, -0.2) is 7.11 Å². The second kappa shape index (κ2) is 3.96. The fourth-order valence-electron chi connectivity index (χ4n) is 1.52. The molecule has 1 aromatic carbocycles. The van der Waals surface area contributed by atoms with E-state index in [2.05, 4.69) is 10.0 Å². The molecule has 1 aromatic heterocycles. The predicted octanol–water partition coefficient (Wildman–Crippen LogP) is 2.42. The molecule has 6 heteroatoms. The first kappa shape index (κ1) is 10.1. The molecule has 0 radical (unpaired) electrons. The number of aromatic nitrogens is 1.